The molecule has 0 atom stereocenters. The lowest BCUT2D eigenvalue weighted by Gasteiger charge is -2.02. The molecule has 118 valence electrons. The van der Waals surface area contributed by atoms with Crippen LogP contribution in [-0.2, 0) is 6.42 Å². The van der Waals surface area contributed by atoms with Crippen molar-refractivity contribution in [1.29, 1.82) is 5.26 Å². The van der Waals surface area contributed by atoms with E-state index in [1.807, 2.05) is 47.8 Å². The first-order valence-corrected chi connectivity index (χ1v) is 8.65. The number of rotatable bonds is 5. The van der Waals surface area contributed by atoms with E-state index in [1.54, 1.807) is 6.20 Å². The van der Waals surface area contributed by atoms with Gasteiger partial charge in [-0.1, -0.05) is 49.4 Å². The summed E-state index contributed by atoms with van der Waals surface area (Å²) in [6.45, 7) is 2.13. The minimum Gasteiger partial charge on any atom is -0.360 e. The topological polar surface area (TPSA) is 48.7 Å². The van der Waals surface area contributed by atoms with Gasteiger partial charge in [0.2, 0.25) is 0 Å². The first-order chi connectivity index (χ1) is 11.8. The third kappa shape index (κ3) is 3.70. The molecule has 0 aliphatic rings. The fourth-order valence-electron chi connectivity index (χ4n) is 2.27. The number of allylic oxidation sites excluding steroid dienone is 1. The van der Waals surface area contributed by atoms with Crippen molar-refractivity contribution < 1.29 is 0 Å². The Bertz CT molecular complexity index is 871. The van der Waals surface area contributed by atoms with E-state index in [2.05, 4.69) is 35.4 Å². The van der Waals surface area contributed by atoms with Gasteiger partial charge < -0.3 is 5.32 Å². The van der Waals surface area contributed by atoms with Gasteiger partial charge in [-0.15, -0.1) is 11.3 Å². The Labute approximate surface area is 145 Å². The van der Waals surface area contributed by atoms with Gasteiger partial charge in [-0.25, -0.2) is 4.98 Å². The van der Waals surface area contributed by atoms with E-state index in [0.717, 1.165) is 23.4 Å². The van der Waals surface area contributed by atoms with Crippen molar-refractivity contribution in [3.05, 3.63) is 76.7 Å². The van der Waals surface area contributed by atoms with Crippen molar-refractivity contribution in [3.63, 3.8) is 0 Å². The monoisotopic (exact) mass is 331 g/mol. The van der Waals surface area contributed by atoms with Crippen LogP contribution >= 0.6 is 11.3 Å². The van der Waals surface area contributed by atoms with Crippen molar-refractivity contribution in [2.75, 3.05) is 5.32 Å². The number of nitrogens with one attached hydrogen (secondary N) is 1. The SMILES string of the molecule is CCc1ccc(NC=C(C#N)c2nc(-c3ccccc3)cs2)cc1. The van der Waals surface area contributed by atoms with Gasteiger partial charge in [-0.05, 0) is 24.1 Å². The van der Waals surface area contributed by atoms with Crippen LogP contribution in [-0.4, -0.2) is 4.98 Å². The van der Waals surface area contributed by atoms with Gasteiger partial charge in [-0.2, -0.15) is 5.26 Å². The Morgan fingerprint density at radius 1 is 1.17 bits per heavy atom. The summed E-state index contributed by atoms with van der Waals surface area (Å²) in [6.07, 6.45) is 2.73. The van der Waals surface area contributed by atoms with Crippen LogP contribution < -0.4 is 5.32 Å². The molecule has 1 N–H and O–H groups in total. The summed E-state index contributed by atoms with van der Waals surface area (Å²) in [4.78, 5) is 4.58. The average Bonchev–Trinajstić information content (AvgIpc) is 3.13. The summed E-state index contributed by atoms with van der Waals surface area (Å²) in [5.74, 6) is 0. The molecule has 0 aliphatic heterocycles. The van der Waals surface area contributed by atoms with E-state index >= 15 is 0 Å². The largest absolute Gasteiger partial charge is 0.360 e. The van der Waals surface area contributed by atoms with Gasteiger partial charge in [-0.3, -0.25) is 0 Å². The van der Waals surface area contributed by atoms with E-state index in [0.29, 0.717) is 10.6 Å². The summed E-state index contributed by atoms with van der Waals surface area (Å²) >= 11 is 1.48. The molecule has 24 heavy (non-hydrogen) atoms. The van der Waals surface area contributed by atoms with E-state index in [4.69, 9.17) is 0 Å². The highest BCUT2D eigenvalue weighted by Crippen LogP contribution is 2.26. The maximum atomic E-state index is 9.43. The first-order valence-electron chi connectivity index (χ1n) is 7.77. The number of aryl methyl sites for hydroxylation is 1. The molecule has 1 aromatic heterocycles. The summed E-state index contributed by atoms with van der Waals surface area (Å²) in [5.41, 5.74) is 4.73. The van der Waals surface area contributed by atoms with Crippen LogP contribution in [0, 0.1) is 11.3 Å². The normalized spacial score (nSPS) is 11.1. The number of hydrogen-bond acceptors (Lipinski definition) is 4. The lowest BCUT2D eigenvalue weighted by molar-refractivity contribution is 1.14. The van der Waals surface area contributed by atoms with Crippen LogP contribution in [0.3, 0.4) is 0 Å². The third-order valence-electron chi connectivity index (χ3n) is 3.67. The van der Waals surface area contributed by atoms with Gasteiger partial charge in [0.05, 0.1) is 5.69 Å². The molecule has 0 saturated heterocycles. The second-order valence-electron chi connectivity index (χ2n) is 5.27. The Hall–Kier alpha value is -2.90. The molecule has 0 bridgehead atoms. The fraction of sp³-hybridized carbons (Fsp3) is 0.100. The maximum Gasteiger partial charge on any atom is 0.136 e. The molecule has 3 nitrogen and oxygen atoms in total. The lowest BCUT2D eigenvalue weighted by atomic mass is 10.1. The smallest absolute Gasteiger partial charge is 0.136 e. The Morgan fingerprint density at radius 3 is 2.58 bits per heavy atom. The van der Waals surface area contributed by atoms with Crippen molar-refractivity contribution in [1.82, 2.24) is 4.98 Å². The Kier molecular flexibility index (Phi) is 5.05. The van der Waals surface area contributed by atoms with Gasteiger partial charge in [0.1, 0.15) is 16.6 Å². The van der Waals surface area contributed by atoms with Crippen molar-refractivity contribution in [2.24, 2.45) is 0 Å². The molecule has 0 aliphatic carbocycles. The van der Waals surface area contributed by atoms with E-state index in [-0.39, 0.29) is 0 Å². The van der Waals surface area contributed by atoms with E-state index in [9.17, 15) is 5.26 Å². The second kappa shape index (κ2) is 7.58. The Balaban J connectivity index is 1.78. The van der Waals surface area contributed by atoms with Gasteiger partial charge in [0.25, 0.3) is 0 Å². The van der Waals surface area contributed by atoms with E-state index in [1.165, 1.54) is 16.9 Å². The summed E-state index contributed by atoms with van der Waals surface area (Å²) in [7, 11) is 0. The average molecular weight is 331 g/mol. The van der Waals surface area contributed by atoms with Crippen LogP contribution in [0.1, 0.15) is 17.5 Å². The standard InChI is InChI=1S/C20H17N3S/c1-2-15-8-10-18(11-9-15)22-13-17(12-21)20-23-19(14-24-20)16-6-4-3-5-7-16/h3-11,13-14,22H,2H2,1H3. The Morgan fingerprint density at radius 2 is 1.92 bits per heavy atom. The molecular weight excluding hydrogens is 314 g/mol. The minimum absolute atomic E-state index is 0.529. The molecule has 1 heterocycles. The van der Waals surface area contributed by atoms with E-state index < -0.39 is 0 Å². The van der Waals surface area contributed by atoms with Crippen molar-refractivity contribution in [3.8, 4) is 17.3 Å². The molecule has 4 heteroatoms. The molecular formula is C20H17N3S. The zero-order chi connectivity index (χ0) is 16.8. The molecule has 0 unspecified atom stereocenters. The second-order valence-corrected chi connectivity index (χ2v) is 6.13. The van der Waals surface area contributed by atoms with Crippen LogP contribution in [0.2, 0.25) is 0 Å². The maximum absolute atomic E-state index is 9.43. The summed E-state index contributed by atoms with van der Waals surface area (Å²) in [5, 5.41) is 15.3. The van der Waals surface area contributed by atoms with Gasteiger partial charge in [0.15, 0.2) is 0 Å². The lowest BCUT2D eigenvalue weighted by Crippen LogP contribution is -1.91. The number of nitriles is 1. The fourth-order valence-corrected chi connectivity index (χ4v) is 3.07. The van der Waals surface area contributed by atoms with Crippen LogP contribution in [0.25, 0.3) is 16.8 Å². The quantitative estimate of drug-likeness (QED) is 0.641. The molecule has 3 rings (SSSR count). The number of benzene rings is 2. The third-order valence-corrected chi connectivity index (χ3v) is 4.55. The predicted molar refractivity (Wildman–Crippen MR) is 101 cm³/mol. The van der Waals surface area contributed by atoms with Gasteiger partial charge in [0, 0.05) is 22.8 Å². The molecule has 0 radical (unpaired) electrons. The van der Waals surface area contributed by atoms with Crippen LogP contribution in [0.4, 0.5) is 5.69 Å². The predicted octanol–water partition coefficient (Wildman–Crippen LogP) is 5.35. The number of aromatic nitrogens is 1. The highest BCUT2D eigenvalue weighted by Gasteiger charge is 2.08. The van der Waals surface area contributed by atoms with Crippen LogP contribution in [0.5, 0.6) is 0 Å². The summed E-state index contributed by atoms with van der Waals surface area (Å²) in [6, 6.07) is 20.4. The zero-order valence-electron chi connectivity index (χ0n) is 13.4. The zero-order valence-corrected chi connectivity index (χ0v) is 14.2. The molecule has 2 aromatic carbocycles. The van der Waals surface area contributed by atoms with Crippen molar-refractivity contribution in [2.45, 2.75) is 13.3 Å². The molecule has 0 fully saturated rings. The molecule has 3 aromatic rings. The summed E-state index contributed by atoms with van der Waals surface area (Å²) < 4.78 is 0. The first kappa shape index (κ1) is 16.0. The molecule has 0 saturated carbocycles. The van der Waals surface area contributed by atoms with Gasteiger partial charge >= 0.3 is 0 Å². The highest BCUT2D eigenvalue weighted by atomic mass is 32.1. The number of nitrogens with zero attached hydrogens (tertiary/aromatic N) is 2. The number of thiazole rings is 1. The molecule has 0 amide bonds. The minimum atomic E-state index is 0.529. The number of anilines is 1. The van der Waals surface area contributed by atoms with Crippen molar-refractivity contribution >= 4 is 22.6 Å². The van der Waals surface area contributed by atoms with Crippen LogP contribution in [0.15, 0.2) is 66.2 Å². The highest BCUT2D eigenvalue weighted by molar-refractivity contribution is 7.11. The number of hydrogen-bond donors (Lipinski definition) is 1. The molecule has 0 spiro atoms.